The van der Waals surface area contributed by atoms with E-state index >= 15 is 0 Å². The Labute approximate surface area is 182 Å². The van der Waals surface area contributed by atoms with E-state index in [0.29, 0.717) is 42.5 Å². The van der Waals surface area contributed by atoms with Gasteiger partial charge in [0.15, 0.2) is 5.96 Å². The minimum atomic E-state index is -3.41. The van der Waals surface area contributed by atoms with Crippen LogP contribution < -0.4 is 10.6 Å². The van der Waals surface area contributed by atoms with Gasteiger partial charge in [0.2, 0.25) is 10.0 Å². The van der Waals surface area contributed by atoms with Gasteiger partial charge in [-0.15, -0.1) is 0 Å². The number of sulfonamides is 1. The number of rotatable bonds is 6. The fourth-order valence-electron chi connectivity index (χ4n) is 4.24. The highest BCUT2D eigenvalue weighted by atomic mass is 32.2. The van der Waals surface area contributed by atoms with Gasteiger partial charge in [0.05, 0.1) is 4.90 Å². The summed E-state index contributed by atoms with van der Waals surface area (Å²) in [5.41, 5.74) is 0.930. The Bertz CT molecular complexity index is 834. The summed E-state index contributed by atoms with van der Waals surface area (Å²) in [5.74, 6) is 1.30. The van der Waals surface area contributed by atoms with Crippen molar-refractivity contribution in [1.29, 1.82) is 0 Å². The maximum absolute atomic E-state index is 13.0. The van der Waals surface area contributed by atoms with Crippen molar-refractivity contribution >= 4 is 16.0 Å². The van der Waals surface area contributed by atoms with E-state index in [1.54, 1.807) is 23.5 Å². The van der Waals surface area contributed by atoms with Gasteiger partial charge in [0, 0.05) is 51.9 Å². The third-order valence-electron chi connectivity index (χ3n) is 6.23. The molecule has 0 saturated carbocycles. The van der Waals surface area contributed by atoms with Crippen molar-refractivity contribution in [2.75, 3.05) is 33.2 Å². The van der Waals surface area contributed by atoms with Gasteiger partial charge in [-0.1, -0.05) is 25.5 Å². The highest BCUT2D eigenvalue weighted by molar-refractivity contribution is 7.89. The number of benzene rings is 1. The molecule has 2 atom stereocenters. The number of hydrogen-bond acceptors (Lipinski definition) is 4. The number of guanidine groups is 1. The molecular weight excluding hydrogens is 398 g/mol. The number of hydrogen-bond donors (Lipinski definition) is 2. The number of piperidine rings is 1. The maximum atomic E-state index is 13.0. The van der Waals surface area contributed by atoms with Gasteiger partial charge in [0.1, 0.15) is 0 Å². The smallest absolute Gasteiger partial charge is 0.243 e. The summed E-state index contributed by atoms with van der Waals surface area (Å²) >= 11 is 0. The van der Waals surface area contributed by atoms with E-state index in [4.69, 9.17) is 0 Å². The zero-order valence-electron chi connectivity index (χ0n) is 18.8. The van der Waals surface area contributed by atoms with E-state index < -0.39 is 10.0 Å². The van der Waals surface area contributed by atoms with E-state index in [2.05, 4.69) is 41.3 Å². The van der Waals surface area contributed by atoms with Crippen LogP contribution >= 0.6 is 0 Å². The SMILES string of the molecule is CN=C(NCc1cccc(S(=O)(=O)N2CCCCC2)c1)NC1CN(C(C)C)CC1C. The summed E-state index contributed by atoms with van der Waals surface area (Å²) in [4.78, 5) is 7.22. The number of likely N-dealkylation sites (tertiary alicyclic amines) is 1. The van der Waals surface area contributed by atoms with Crippen LogP contribution in [0.25, 0.3) is 0 Å². The predicted molar refractivity (Wildman–Crippen MR) is 122 cm³/mol. The van der Waals surface area contributed by atoms with Crippen LogP contribution in [-0.4, -0.2) is 68.9 Å². The number of nitrogens with one attached hydrogen (secondary N) is 2. The molecule has 0 aromatic heterocycles. The van der Waals surface area contributed by atoms with E-state index in [9.17, 15) is 8.42 Å². The van der Waals surface area contributed by atoms with Crippen LogP contribution in [0.15, 0.2) is 34.2 Å². The van der Waals surface area contributed by atoms with Crippen LogP contribution in [0.4, 0.5) is 0 Å². The highest BCUT2D eigenvalue weighted by Gasteiger charge is 2.31. The molecule has 7 nitrogen and oxygen atoms in total. The number of nitrogens with zero attached hydrogens (tertiary/aromatic N) is 3. The van der Waals surface area contributed by atoms with E-state index in [0.717, 1.165) is 43.9 Å². The van der Waals surface area contributed by atoms with Crippen molar-refractivity contribution in [3.05, 3.63) is 29.8 Å². The summed E-state index contributed by atoms with van der Waals surface area (Å²) in [6.45, 7) is 10.6. The largest absolute Gasteiger partial charge is 0.352 e. The summed E-state index contributed by atoms with van der Waals surface area (Å²) in [6, 6.07) is 8.14. The average molecular weight is 436 g/mol. The summed E-state index contributed by atoms with van der Waals surface area (Å²) < 4.78 is 27.5. The molecule has 168 valence electrons. The minimum absolute atomic E-state index is 0.351. The second-order valence-corrected chi connectivity index (χ2v) is 10.8. The van der Waals surface area contributed by atoms with Crippen molar-refractivity contribution in [2.45, 2.75) is 63.6 Å². The third-order valence-corrected chi connectivity index (χ3v) is 8.12. The lowest BCUT2D eigenvalue weighted by molar-refractivity contribution is 0.265. The zero-order valence-corrected chi connectivity index (χ0v) is 19.6. The van der Waals surface area contributed by atoms with Crippen molar-refractivity contribution in [3.8, 4) is 0 Å². The molecule has 2 N–H and O–H groups in total. The van der Waals surface area contributed by atoms with Gasteiger partial charge < -0.3 is 10.6 Å². The quantitative estimate of drug-likeness (QED) is 0.529. The topological polar surface area (TPSA) is 77.0 Å². The number of aliphatic imine (C=N–C) groups is 1. The van der Waals surface area contributed by atoms with Gasteiger partial charge in [-0.25, -0.2) is 8.42 Å². The summed E-state index contributed by atoms with van der Waals surface area (Å²) in [6.07, 6.45) is 2.99. The molecule has 2 saturated heterocycles. The minimum Gasteiger partial charge on any atom is -0.352 e. The Kier molecular flexibility index (Phi) is 7.76. The molecule has 0 aliphatic carbocycles. The second-order valence-electron chi connectivity index (χ2n) is 8.81. The zero-order chi connectivity index (χ0) is 21.7. The predicted octanol–water partition coefficient (Wildman–Crippen LogP) is 2.25. The monoisotopic (exact) mass is 435 g/mol. The lowest BCUT2D eigenvalue weighted by atomic mass is 10.1. The van der Waals surface area contributed by atoms with Crippen LogP contribution in [0.2, 0.25) is 0 Å². The van der Waals surface area contributed by atoms with Gasteiger partial charge in [-0.2, -0.15) is 4.31 Å². The molecule has 1 aromatic carbocycles. The van der Waals surface area contributed by atoms with Crippen molar-refractivity contribution in [2.24, 2.45) is 10.9 Å². The third kappa shape index (κ3) is 5.53. The summed E-state index contributed by atoms with van der Waals surface area (Å²) in [7, 11) is -1.64. The Morgan fingerprint density at radius 2 is 1.93 bits per heavy atom. The van der Waals surface area contributed by atoms with Crippen molar-refractivity contribution in [1.82, 2.24) is 19.8 Å². The van der Waals surface area contributed by atoms with Crippen LogP contribution in [-0.2, 0) is 16.6 Å². The molecule has 2 heterocycles. The second kappa shape index (κ2) is 10.1. The van der Waals surface area contributed by atoms with Crippen LogP contribution in [0, 0.1) is 5.92 Å². The molecule has 2 fully saturated rings. The maximum Gasteiger partial charge on any atom is 0.243 e. The lowest BCUT2D eigenvalue weighted by Gasteiger charge is -2.26. The van der Waals surface area contributed by atoms with Gasteiger partial charge >= 0.3 is 0 Å². The fourth-order valence-corrected chi connectivity index (χ4v) is 5.83. The molecular formula is C22H37N5O2S. The Balaban J connectivity index is 1.60. The molecule has 3 rings (SSSR count). The van der Waals surface area contributed by atoms with E-state index in [1.165, 1.54) is 0 Å². The van der Waals surface area contributed by atoms with E-state index in [1.807, 2.05) is 12.1 Å². The summed E-state index contributed by atoms with van der Waals surface area (Å²) in [5, 5.41) is 6.89. The molecule has 0 bridgehead atoms. The fraction of sp³-hybridized carbons (Fsp3) is 0.682. The first kappa shape index (κ1) is 23.0. The van der Waals surface area contributed by atoms with Crippen LogP contribution in [0.5, 0.6) is 0 Å². The molecule has 0 spiro atoms. The standard InChI is InChI=1S/C22H37N5O2S/c1-17(2)26-15-18(3)21(16-26)25-22(23-4)24-14-19-9-8-10-20(13-19)30(28,29)27-11-6-5-7-12-27/h8-10,13,17-18,21H,5-7,11-12,14-16H2,1-4H3,(H2,23,24,25). The molecule has 0 radical (unpaired) electrons. The highest BCUT2D eigenvalue weighted by Crippen LogP contribution is 2.21. The Morgan fingerprint density at radius 1 is 1.20 bits per heavy atom. The van der Waals surface area contributed by atoms with Gasteiger partial charge in [0.25, 0.3) is 0 Å². The molecule has 2 unspecified atom stereocenters. The van der Waals surface area contributed by atoms with Crippen LogP contribution in [0.1, 0.15) is 45.6 Å². The lowest BCUT2D eigenvalue weighted by Crippen LogP contribution is -2.46. The molecule has 8 heteroatoms. The molecule has 2 aliphatic rings. The van der Waals surface area contributed by atoms with Crippen LogP contribution in [0.3, 0.4) is 0 Å². The van der Waals surface area contributed by atoms with Crippen molar-refractivity contribution in [3.63, 3.8) is 0 Å². The molecule has 0 amide bonds. The molecule has 1 aromatic rings. The van der Waals surface area contributed by atoms with E-state index in [-0.39, 0.29) is 0 Å². The van der Waals surface area contributed by atoms with Gasteiger partial charge in [-0.05, 0) is 50.3 Å². The van der Waals surface area contributed by atoms with Gasteiger partial charge in [-0.3, -0.25) is 9.89 Å². The first-order chi connectivity index (χ1) is 14.3. The average Bonchev–Trinajstić information content (AvgIpc) is 3.12. The normalized spacial score (nSPS) is 24.4. The van der Waals surface area contributed by atoms with Crippen molar-refractivity contribution < 1.29 is 8.42 Å². The first-order valence-electron chi connectivity index (χ1n) is 11.1. The molecule has 30 heavy (non-hydrogen) atoms. The first-order valence-corrected chi connectivity index (χ1v) is 12.6. The molecule has 2 aliphatic heterocycles. The Hall–Kier alpha value is -1.64. The Morgan fingerprint density at radius 3 is 2.57 bits per heavy atom.